The van der Waals surface area contributed by atoms with Crippen molar-refractivity contribution in [3.8, 4) is 11.5 Å². The summed E-state index contributed by atoms with van der Waals surface area (Å²) in [5.74, 6) is 1.24. The van der Waals surface area contributed by atoms with Crippen molar-refractivity contribution >= 4 is 45.2 Å². The number of nitrogens with zero attached hydrogens (tertiary/aromatic N) is 3. The molecular formula is C23H24BrN5O4S. The Morgan fingerprint density at radius 3 is 2.65 bits per heavy atom. The van der Waals surface area contributed by atoms with Crippen molar-refractivity contribution in [2.45, 2.75) is 18.2 Å². The van der Waals surface area contributed by atoms with Gasteiger partial charge in [0.05, 0.1) is 26.5 Å². The van der Waals surface area contributed by atoms with Crippen molar-refractivity contribution < 1.29 is 19.1 Å². The number of thioether (sulfide) groups is 1. The first-order valence-electron chi connectivity index (χ1n) is 10.2. The van der Waals surface area contributed by atoms with Gasteiger partial charge in [-0.1, -0.05) is 39.8 Å². The highest BCUT2D eigenvalue weighted by Crippen LogP contribution is 2.27. The molecule has 0 bridgehead atoms. The van der Waals surface area contributed by atoms with Gasteiger partial charge in [-0.25, -0.2) is 0 Å². The normalized spacial score (nSPS) is 10.4. The summed E-state index contributed by atoms with van der Waals surface area (Å²) >= 11 is 4.64. The Morgan fingerprint density at radius 2 is 1.94 bits per heavy atom. The van der Waals surface area contributed by atoms with Crippen LogP contribution in [-0.2, 0) is 17.9 Å². The van der Waals surface area contributed by atoms with E-state index >= 15 is 0 Å². The van der Waals surface area contributed by atoms with Gasteiger partial charge in [-0.05, 0) is 36.4 Å². The maximum Gasteiger partial charge on any atom is 0.251 e. The van der Waals surface area contributed by atoms with E-state index in [-0.39, 0.29) is 24.1 Å². The molecule has 3 aromatic rings. The zero-order valence-corrected chi connectivity index (χ0v) is 21.1. The van der Waals surface area contributed by atoms with Gasteiger partial charge in [0.15, 0.2) is 22.5 Å². The van der Waals surface area contributed by atoms with Crippen LogP contribution in [0.25, 0.3) is 0 Å². The summed E-state index contributed by atoms with van der Waals surface area (Å²) in [4.78, 5) is 25.0. The molecule has 0 radical (unpaired) electrons. The molecule has 1 heterocycles. The highest BCUT2D eigenvalue weighted by molar-refractivity contribution is 9.10. The fourth-order valence-corrected chi connectivity index (χ4v) is 4.17. The minimum absolute atomic E-state index is 0.152. The van der Waals surface area contributed by atoms with Crippen LogP contribution in [-0.4, -0.2) is 46.6 Å². The number of anilines is 1. The summed E-state index contributed by atoms with van der Waals surface area (Å²) in [5.41, 5.74) is 1.12. The van der Waals surface area contributed by atoms with Crippen LogP contribution in [0.4, 0.5) is 5.69 Å². The standard InChI is InChI=1S/C23H24BrN5O4S/c1-4-10-29-20(13-25-22(31)15-8-9-18(32-2)19(11-15)33-3)27-28-23(29)34-14-21(30)26-17-7-5-6-16(24)12-17/h4-9,11-12H,1,10,13-14H2,2-3H3,(H,25,31)(H,26,30). The van der Waals surface area contributed by atoms with E-state index in [0.717, 1.165) is 4.47 Å². The predicted molar refractivity (Wildman–Crippen MR) is 134 cm³/mol. The van der Waals surface area contributed by atoms with Crippen LogP contribution in [0.2, 0.25) is 0 Å². The lowest BCUT2D eigenvalue weighted by molar-refractivity contribution is -0.113. The van der Waals surface area contributed by atoms with Crippen LogP contribution in [0.3, 0.4) is 0 Å². The highest BCUT2D eigenvalue weighted by atomic mass is 79.9. The molecule has 0 saturated carbocycles. The number of allylic oxidation sites excluding steroid dienone is 1. The van der Waals surface area contributed by atoms with E-state index < -0.39 is 0 Å². The number of hydrogen-bond donors (Lipinski definition) is 2. The number of carbonyl (C=O) groups excluding carboxylic acids is 2. The van der Waals surface area contributed by atoms with Gasteiger partial charge in [0.25, 0.3) is 5.91 Å². The monoisotopic (exact) mass is 545 g/mol. The van der Waals surface area contributed by atoms with E-state index in [4.69, 9.17) is 9.47 Å². The number of aromatic nitrogens is 3. The number of nitrogens with one attached hydrogen (secondary N) is 2. The Morgan fingerprint density at radius 1 is 1.15 bits per heavy atom. The molecule has 0 aliphatic heterocycles. The Hall–Kier alpha value is -3.31. The molecule has 0 unspecified atom stereocenters. The predicted octanol–water partition coefficient (Wildman–Crippen LogP) is 3.90. The lowest BCUT2D eigenvalue weighted by atomic mass is 10.2. The second-order valence-corrected chi connectivity index (χ2v) is 8.76. The third-order valence-corrected chi connectivity index (χ3v) is 6.06. The van der Waals surface area contributed by atoms with Crippen molar-refractivity contribution in [2.75, 3.05) is 25.3 Å². The number of carbonyl (C=O) groups is 2. The van der Waals surface area contributed by atoms with E-state index in [1.807, 2.05) is 24.3 Å². The average molecular weight is 546 g/mol. The Labute approximate surface area is 210 Å². The average Bonchev–Trinajstić information content (AvgIpc) is 3.22. The molecule has 178 valence electrons. The van der Waals surface area contributed by atoms with Gasteiger partial charge in [0, 0.05) is 22.3 Å². The van der Waals surface area contributed by atoms with Gasteiger partial charge in [-0.3, -0.25) is 9.59 Å². The summed E-state index contributed by atoms with van der Waals surface area (Å²) < 4.78 is 13.1. The SMILES string of the molecule is C=CCn1c(CNC(=O)c2ccc(OC)c(OC)c2)nnc1SCC(=O)Nc1cccc(Br)c1. The van der Waals surface area contributed by atoms with Gasteiger partial charge >= 0.3 is 0 Å². The number of hydrogen-bond acceptors (Lipinski definition) is 7. The second kappa shape index (κ2) is 12.2. The quantitative estimate of drug-likeness (QED) is 0.278. The lowest BCUT2D eigenvalue weighted by Gasteiger charge is -2.11. The molecule has 0 saturated heterocycles. The van der Waals surface area contributed by atoms with Crippen molar-refractivity contribution in [2.24, 2.45) is 0 Å². The zero-order valence-electron chi connectivity index (χ0n) is 18.7. The lowest BCUT2D eigenvalue weighted by Crippen LogP contribution is -2.25. The molecule has 0 aliphatic rings. The van der Waals surface area contributed by atoms with Crippen LogP contribution in [0, 0.1) is 0 Å². The van der Waals surface area contributed by atoms with Crippen molar-refractivity contribution in [1.29, 1.82) is 0 Å². The molecule has 9 nitrogen and oxygen atoms in total. The third kappa shape index (κ3) is 6.61. The molecular weight excluding hydrogens is 522 g/mol. The van der Waals surface area contributed by atoms with Crippen molar-refractivity contribution in [3.63, 3.8) is 0 Å². The molecule has 0 aliphatic carbocycles. The first-order valence-corrected chi connectivity index (χ1v) is 11.9. The summed E-state index contributed by atoms with van der Waals surface area (Å²) in [7, 11) is 3.04. The topological polar surface area (TPSA) is 107 Å². The van der Waals surface area contributed by atoms with Gasteiger partial charge in [0.2, 0.25) is 5.91 Å². The van der Waals surface area contributed by atoms with E-state index in [9.17, 15) is 9.59 Å². The van der Waals surface area contributed by atoms with E-state index in [1.165, 1.54) is 26.0 Å². The van der Waals surface area contributed by atoms with Crippen LogP contribution >= 0.6 is 27.7 Å². The molecule has 3 rings (SSSR count). The highest BCUT2D eigenvalue weighted by Gasteiger charge is 2.16. The van der Waals surface area contributed by atoms with Gasteiger partial charge in [-0.15, -0.1) is 16.8 Å². The first kappa shape index (κ1) is 25.3. The first-order chi connectivity index (χ1) is 16.4. The molecule has 11 heteroatoms. The number of ether oxygens (including phenoxy) is 2. The third-order valence-electron chi connectivity index (χ3n) is 4.60. The molecule has 34 heavy (non-hydrogen) atoms. The number of halogens is 1. The summed E-state index contributed by atoms with van der Waals surface area (Å²) in [6, 6.07) is 12.3. The maximum absolute atomic E-state index is 12.6. The number of amides is 2. The molecule has 0 atom stereocenters. The largest absolute Gasteiger partial charge is 0.493 e. The fraction of sp³-hybridized carbons (Fsp3) is 0.217. The van der Waals surface area contributed by atoms with Gasteiger partial charge in [-0.2, -0.15) is 0 Å². The second-order valence-electron chi connectivity index (χ2n) is 6.90. The Kier molecular flexibility index (Phi) is 9.11. The molecule has 1 aromatic heterocycles. The number of methoxy groups -OCH3 is 2. The van der Waals surface area contributed by atoms with Crippen LogP contribution < -0.4 is 20.1 Å². The van der Waals surface area contributed by atoms with Crippen molar-refractivity contribution in [1.82, 2.24) is 20.1 Å². The van der Waals surface area contributed by atoms with Crippen LogP contribution in [0.5, 0.6) is 11.5 Å². The Bertz CT molecular complexity index is 1180. The molecule has 0 spiro atoms. The molecule has 2 aromatic carbocycles. The van der Waals surface area contributed by atoms with E-state index in [1.54, 1.807) is 28.8 Å². The summed E-state index contributed by atoms with van der Waals surface area (Å²) in [6.45, 7) is 4.36. The van der Waals surface area contributed by atoms with Crippen LogP contribution in [0.15, 0.2) is 64.7 Å². The maximum atomic E-state index is 12.6. The van der Waals surface area contributed by atoms with Crippen molar-refractivity contribution in [3.05, 3.63) is 71.0 Å². The smallest absolute Gasteiger partial charge is 0.251 e. The molecule has 0 fully saturated rings. The van der Waals surface area contributed by atoms with E-state index in [0.29, 0.717) is 40.3 Å². The number of rotatable bonds is 11. The van der Waals surface area contributed by atoms with Gasteiger partial charge < -0.3 is 24.7 Å². The van der Waals surface area contributed by atoms with Crippen LogP contribution in [0.1, 0.15) is 16.2 Å². The molecule has 2 amide bonds. The van der Waals surface area contributed by atoms with E-state index in [2.05, 4.69) is 43.3 Å². The van der Waals surface area contributed by atoms with Gasteiger partial charge in [0.1, 0.15) is 0 Å². The summed E-state index contributed by atoms with van der Waals surface area (Å²) in [6.07, 6.45) is 1.70. The minimum Gasteiger partial charge on any atom is -0.493 e. The fourth-order valence-electron chi connectivity index (χ4n) is 3.00. The summed E-state index contributed by atoms with van der Waals surface area (Å²) in [5, 5.41) is 14.6. The zero-order chi connectivity index (χ0) is 24.5. The number of benzene rings is 2. The Balaban J connectivity index is 1.62. The minimum atomic E-state index is -0.295. The molecule has 2 N–H and O–H groups in total.